The monoisotopic (exact) mass is 249 g/mol. The lowest BCUT2D eigenvalue weighted by Gasteiger charge is -2.02. The quantitative estimate of drug-likeness (QED) is 0.720. The SMILES string of the molecule is NCCCOCCSCc1ccc(Cl)o1. The second-order valence-corrected chi connectivity index (χ2v) is 4.49. The highest BCUT2D eigenvalue weighted by molar-refractivity contribution is 7.98. The maximum atomic E-state index is 5.65. The third-order valence-corrected chi connectivity index (χ3v) is 2.89. The van der Waals surface area contributed by atoms with Gasteiger partial charge in [0.15, 0.2) is 5.22 Å². The van der Waals surface area contributed by atoms with E-state index in [2.05, 4.69) is 0 Å². The molecule has 0 saturated carbocycles. The summed E-state index contributed by atoms with van der Waals surface area (Å²) in [6.45, 7) is 2.21. The molecule has 1 rings (SSSR count). The van der Waals surface area contributed by atoms with Gasteiger partial charge in [0.1, 0.15) is 5.76 Å². The minimum Gasteiger partial charge on any atom is -0.449 e. The first kappa shape index (κ1) is 12.9. The molecule has 0 radical (unpaired) electrons. The minimum absolute atomic E-state index is 0.449. The van der Waals surface area contributed by atoms with Crippen molar-refractivity contribution in [2.75, 3.05) is 25.5 Å². The van der Waals surface area contributed by atoms with E-state index in [-0.39, 0.29) is 0 Å². The molecule has 0 aromatic carbocycles. The van der Waals surface area contributed by atoms with Gasteiger partial charge in [-0.1, -0.05) is 0 Å². The molecule has 86 valence electrons. The topological polar surface area (TPSA) is 48.4 Å². The summed E-state index contributed by atoms with van der Waals surface area (Å²) in [6, 6.07) is 3.65. The molecule has 1 heterocycles. The summed E-state index contributed by atoms with van der Waals surface area (Å²) in [5.41, 5.74) is 5.34. The van der Waals surface area contributed by atoms with E-state index in [4.69, 9.17) is 26.5 Å². The van der Waals surface area contributed by atoms with E-state index in [1.165, 1.54) is 0 Å². The zero-order chi connectivity index (χ0) is 10.9. The lowest BCUT2D eigenvalue weighted by Crippen LogP contribution is -2.06. The first-order chi connectivity index (χ1) is 7.33. The molecular weight excluding hydrogens is 234 g/mol. The average Bonchev–Trinajstić information content (AvgIpc) is 2.63. The Morgan fingerprint density at radius 1 is 1.40 bits per heavy atom. The maximum absolute atomic E-state index is 5.65. The molecule has 0 aliphatic heterocycles. The lowest BCUT2D eigenvalue weighted by atomic mass is 10.5. The number of furan rings is 1. The van der Waals surface area contributed by atoms with Crippen molar-refractivity contribution in [3.05, 3.63) is 23.1 Å². The zero-order valence-electron chi connectivity index (χ0n) is 8.58. The van der Waals surface area contributed by atoms with Crippen LogP contribution in [0.4, 0.5) is 0 Å². The van der Waals surface area contributed by atoms with Gasteiger partial charge >= 0.3 is 0 Å². The molecule has 0 atom stereocenters. The van der Waals surface area contributed by atoms with E-state index in [0.29, 0.717) is 11.8 Å². The molecule has 1 aromatic heterocycles. The van der Waals surface area contributed by atoms with E-state index in [1.807, 2.05) is 6.07 Å². The van der Waals surface area contributed by atoms with Gasteiger partial charge in [0.2, 0.25) is 0 Å². The van der Waals surface area contributed by atoms with Crippen LogP contribution < -0.4 is 5.73 Å². The molecule has 1 aromatic rings. The maximum Gasteiger partial charge on any atom is 0.193 e. The van der Waals surface area contributed by atoms with E-state index >= 15 is 0 Å². The Hall–Kier alpha value is -0.160. The van der Waals surface area contributed by atoms with Crippen molar-refractivity contribution in [3.63, 3.8) is 0 Å². The Balaban J connectivity index is 1.93. The fraction of sp³-hybridized carbons (Fsp3) is 0.600. The number of rotatable bonds is 8. The summed E-state index contributed by atoms with van der Waals surface area (Å²) in [7, 11) is 0. The first-order valence-electron chi connectivity index (χ1n) is 4.92. The fourth-order valence-electron chi connectivity index (χ4n) is 1.01. The van der Waals surface area contributed by atoms with Crippen LogP contribution in [0.2, 0.25) is 5.22 Å². The number of hydrogen-bond acceptors (Lipinski definition) is 4. The van der Waals surface area contributed by atoms with Crippen molar-refractivity contribution in [1.82, 2.24) is 0 Å². The number of thioether (sulfide) groups is 1. The van der Waals surface area contributed by atoms with Crippen LogP contribution in [0, 0.1) is 0 Å². The van der Waals surface area contributed by atoms with Crippen molar-refractivity contribution in [3.8, 4) is 0 Å². The van der Waals surface area contributed by atoms with Crippen LogP contribution in [0.3, 0.4) is 0 Å². The largest absolute Gasteiger partial charge is 0.449 e. The van der Waals surface area contributed by atoms with Crippen molar-refractivity contribution in [2.45, 2.75) is 12.2 Å². The summed E-state index contributed by atoms with van der Waals surface area (Å²) in [4.78, 5) is 0. The molecule has 15 heavy (non-hydrogen) atoms. The normalized spacial score (nSPS) is 10.8. The molecule has 0 saturated heterocycles. The van der Waals surface area contributed by atoms with Crippen molar-refractivity contribution >= 4 is 23.4 Å². The molecule has 0 amide bonds. The van der Waals surface area contributed by atoms with Gasteiger partial charge in [-0.25, -0.2) is 0 Å². The predicted octanol–water partition coefficient (Wildman–Crippen LogP) is 2.53. The summed E-state index contributed by atoms with van der Waals surface area (Å²) in [5, 5.41) is 0.449. The Kier molecular flexibility index (Phi) is 6.92. The van der Waals surface area contributed by atoms with Crippen molar-refractivity contribution in [1.29, 1.82) is 0 Å². The third kappa shape index (κ3) is 6.10. The predicted molar refractivity (Wildman–Crippen MR) is 64.4 cm³/mol. The molecule has 2 N–H and O–H groups in total. The molecule has 0 spiro atoms. The van der Waals surface area contributed by atoms with Gasteiger partial charge in [0.05, 0.1) is 12.4 Å². The van der Waals surface area contributed by atoms with Crippen LogP contribution in [0.5, 0.6) is 0 Å². The number of nitrogens with two attached hydrogens (primary N) is 1. The van der Waals surface area contributed by atoms with Gasteiger partial charge in [-0.3, -0.25) is 0 Å². The Bertz CT molecular complexity index is 268. The molecule has 3 nitrogen and oxygen atoms in total. The highest BCUT2D eigenvalue weighted by Gasteiger charge is 1.99. The van der Waals surface area contributed by atoms with E-state index in [1.54, 1.807) is 17.8 Å². The van der Waals surface area contributed by atoms with E-state index in [0.717, 1.165) is 36.9 Å². The van der Waals surface area contributed by atoms with E-state index < -0.39 is 0 Å². The fourth-order valence-corrected chi connectivity index (χ4v) is 1.91. The van der Waals surface area contributed by atoms with Crippen LogP contribution in [-0.4, -0.2) is 25.5 Å². The van der Waals surface area contributed by atoms with Gasteiger partial charge in [-0.2, -0.15) is 11.8 Å². The summed E-state index contributed by atoms with van der Waals surface area (Å²) >= 11 is 7.41. The third-order valence-electron chi connectivity index (χ3n) is 1.74. The Labute approximate surface area is 99.3 Å². The van der Waals surface area contributed by atoms with Crippen LogP contribution in [0.1, 0.15) is 12.2 Å². The van der Waals surface area contributed by atoms with Crippen molar-refractivity contribution in [2.24, 2.45) is 5.73 Å². The molecule has 5 heteroatoms. The first-order valence-corrected chi connectivity index (χ1v) is 6.46. The molecule has 0 fully saturated rings. The van der Waals surface area contributed by atoms with Gasteiger partial charge in [0, 0.05) is 12.4 Å². The highest BCUT2D eigenvalue weighted by atomic mass is 35.5. The van der Waals surface area contributed by atoms with Crippen molar-refractivity contribution < 1.29 is 9.15 Å². The van der Waals surface area contributed by atoms with Gasteiger partial charge in [0.25, 0.3) is 0 Å². The zero-order valence-corrected chi connectivity index (χ0v) is 10.1. The number of halogens is 1. The number of ether oxygens (including phenoxy) is 1. The summed E-state index contributed by atoms with van der Waals surface area (Å²) < 4.78 is 10.6. The Morgan fingerprint density at radius 3 is 2.93 bits per heavy atom. The summed E-state index contributed by atoms with van der Waals surface area (Å²) in [5.74, 6) is 2.71. The molecule has 0 bridgehead atoms. The molecule has 0 aliphatic rings. The van der Waals surface area contributed by atoms with Crippen LogP contribution in [0.25, 0.3) is 0 Å². The van der Waals surface area contributed by atoms with Gasteiger partial charge in [-0.15, -0.1) is 0 Å². The van der Waals surface area contributed by atoms with Gasteiger partial charge < -0.3 is 14.9 Å². The minimum atomic E-state index is 0.449. The van der Waals surface area contributed by atoms with Crippen LogP contribution in [-0.2, 0) is 10.5 Å². The number of hydrogen-bond donors (Lipinski definition) is 1. The molecular formula is C10H16ClNO2S. The second kappa shape index (κ2) is 8.05. The summed E-state index contributed by atoms with van der Waals surface area (Å²) in [6.07, 6.45) is 0.929. The average molecular weight is 250 g/mol. The van der Waals surface area contributed by atoms with Gasteiger partial charge in [-0.05, 0) is 36.7 Å². The van der Waals surface area contributed by atoms with Crippen LogP contribution >= 0.6 is 23.4 Å². The second-order valence-electron chi connectivity index (χ2n) is 3.01. The highest BCUT2D eigenvalue weighted by Crippen LogP contribution is 2.18. The standard InChI is InChI=1S/C10H16ClNO2S/c11-10-3-2-9(14-10)8-15-7-6-13-5-1-4-12/h2-3H,1,4-8,12H2. The molecule has 0 aliphatic carbocycles. The lowest BCUT2D eigenvalue weighted by molar-refractivity contribution is 0.149. The Morgan fingerprint density at radius 2 is 2.27 bits per heavy atom. The smallest absolute Gasteiger partial charge is 0.193 e. The van der Waals surface area contributed by atoms with E-state index in [9.17, 15) is 0 Å². The van der Waals surface area contributed by atoms with Crippen LogP contribution in [0.15, 0.2) is 16.5 Å². The molecule has 0 unspecified atom stereocenters.